The van der Waals surface area contributed by atoms with Crippen LogP contribution in [0.25, 0.3) is 0 Å². The highest BCUT2D eigenvalue weighted by molar-refractivity contribution is 5.76. The van der Waals surface area contributed by atoms with Gasteiger partial charge in [-0.3, -0.25) is 9.69 Å². The van der Waals surface area contributed by atoms with Gasteiger partial charge in [-0.1, -0.05) is 29.8 Å². The fourth-order valence-corrected chi connectivity index (χ4v) is 4.64. The lowest BCUT2D eigenvalue weighted by Crippen LogP contribution is -2.55. The molecule has 0 N–H and O–H groups in total. The van der Waals surface area contributed by atoms with E-state index in [0.29, 0.717) is 12.5 Å². The van der Waals surface area contributed by atoms with Gasteiger partial charge in [0.1, 0.15) is 5.82 Å². The normalized spacial score (nSPS) is 20.4. The Labute approximate surface area is 179 Å². The minimum absolute atomic E-state index is 0.188. The van der Waals surface area contributed by atoms with Gasteiger partial charge in [-0.2, -0.15) is 0 Å². The number of likely N-dealkylation sites (tertiary alicyclic amines) is 1. The summed E-state index contributed by atoms with van der Waals surface area (Å²) >= 11 is 0. The number of anilines is 1. The summed E-state index contributed by atoms with van der Waals surface area (Å²) < 4.78 is 13.2. The maximum atomic E-state index is 13.2. The fraction of sp³-hybridized carbons (Fsp3) is 0.480. The third-order valence-electron chi connectivity index (χ3n) is 6.52. The van der Waals surface area contributed by atoms with Crippen LogP contribution in [-0.4, -0.2) is 61.0 Å². The molecule has 1 amide bonds. The van der Waals surface area contributed by atoms with Crippen molar-refractivity contribution in [2.45, 2.75) is 38.6 Å². The highest BCUT2D eigenvalue weighted by atomic mass is 19.1. The average Bonchev–Trinajstić information content (AvgIpc) is 2.79. The molecule has 2 fully saturated rings. The predicted molar refractivity (Wildman–Crippen MR) is 119 cm³/mol. The molecule has 2 aliphatic rings. The van der Waals surface area contributed by atoms with Crippen LogP contribution in [0.15, 0.2) is 48.5 Å². The molecule has 2 aromatic carbocycles. The topological polar surface area (TPSA) is 26.8 Å². The zero-order valence-corrected chi connectivity index (χ0v) is 17.9. The van der Waals surface area contributed by atoms with E-state index in [1.807, 2.05) is 12.1 Å². The van der Waals surface area contributed by atoms with Crippen LogP contribution in [-0.2, 0) is 11.2 Å². The van der Waals surface area contributed by atoms with Gasteiger partial charge in [0, 0.05) is 57.4 Å². The third kappa shape index (κ3) is 5.20. The van der Waals surface area contributed by atoms with Crippen LogP contribution in [0.4, 0.5) is 10.1 Å². The first-order valence-electron chi connectivity index (χ1n) is 11.2. The summed E-state index contributed by atoms with van der Waals surface area (Å²) in [6, 6.07) is 15.7. The summed E-state index contributed by atoms with van der Waals surface area (Å²) in [5, 5.41) is 0. The molecule has 2 saturated heterocycles. The SMILES string of the molecule is Cc1ccc(CCC(=O)N2CCC[C@@H](N3CCN(c4ccc(F)cc4)CC3)C2)cc1. The van der Waals surface area contributed by atoms with E-state index in [-0.39, 0.29) is 11.7 Å². The van der Waals surface area contributed by atoms with E-state index in [2.05, 4.69) is 45.9 Å². The molecule has 5 heteroatoms. The minimum Gasteiger partial charge on any atom is -0.369 e. The van der Waals surface area contributed by atoms with Crippen LogP contribution in [0.5, 0.6) is 0 Å². The number of carbonyl (C=O) groups is 1. The Bertz CT molecular complexity index is 828. The van der Waals surface area contributed by atoms with Crippen molar-refractivity contribution in [3.63, 3.8) is 0 Å². The number of benzene rings is 2. The van der Waals surface area contributed by atoms with Gasteiger partial charge >= 0.3 is 0 Å². The first kappa shape index (κ1) is 20.9. The van der Waals surface area contributed by atoms with E-state index in [1.54, 1.807) is 0 Å². The molecule has 0 aromatic heterocycles. The van der Waals surface area contributed by atoms with Gasteiger partial charge in [-0.15, -0.1) is 0 Å². The second kappa shape index (κ2) is 9.61. The molecule has 0 bridgehead atoms. The molecule has 0 aliphatic carbocycles. The largest absolute Gasteiger partial charge is 0.369 e. The highest BCUT2D eigenvalue weighted by Crippen LogP contribution is 2.22. The van der Waals surface area contributed by atoms with Crippen LogP contribution in [0, 0.1) is 12.7 Å². The third-order valence-corrected chi connectivity index (χ3v) is 6.52. The van der Waals surface area contributed by atoms with Gasteiger partial charge in [-0.05, 0) is 56.0 Å². The smallest absolute Gasteiger partial charge is 0.222 e. The summed E-state index contributed by atoms with van der Waals surface area (Å²) in [6.07, 6.45) is 3.65. The Morgan fingerprint density at radius 2 is 1.67 bits per heavy atom. The standard InChI is InChI=1S/C25H32FN3O/c1-20-4-6-21(7-5-20)8-13-25(30)29-14-2-3-24(19-29)28-17-15-27(16-18-28)23-11-9-22(26)10-12-23/h4-7,9-12,24H,2-3,8,13-19H2,1H3/t24-/m1/s1. The van der Waals surface area contributed by atoms with Crippen molar-refractivity contribution < 1.29 is 9.18 Å². The Kier molecular flexibility index (Phi) is 6.68. The molecular formula is C25H32FN3O. The van der Waals surface area contributed by atoms with E-state index in [1.165, 1.54) is 23.3 Å². The first-order chi connectivity index (χ1) is 14.6. The van der Waals surface area contributed by atoms with Gasteiger partial charge in [0.05, 0.1) is 0 Å². The van der Waals surface area contributed by atoms with Crippen molar-refractivity contribution in [2.75, 3.05) is 44.2 Å². The van der Waals surface area contributed by atoms with Crippen LogP contribution in [0.3, 0.4) is 0 Å². The summed E-state index contributed by atoms with van der Waals surface area (Å²) in [7, 11) is 0. The number of hydrogen-bond donors (Lipinski definition) is 0. The zero-order chi connectivity index (χ0) is 20.9. The van der Waals surface area contributed by atoms with Gasteiger partial charge in [0.2, 0.25) is 5.91 Å². The van der Waals surface area contributed by atoms with Crippen molar-refractivity contribution in [3.05, 3.63) is 65.5 Å². The molecule has 0 spiro atoms. The van der Waals surface area contributed by atoms with Crippen molar-refractivity contribution in [1.82, 2.24) is 9.80 Å². The number of amides is 1. The van der Waals surface area contributed by atoms with Crippen molar-refractivity contribution in [2.24, 2.45) is 0 Å². The number of carbonyl (C=O) groups excluding carboxylic acids is 1. The van der Waals surface area contributed by atoms with E-state index < -0.39 is 0 Å². The number of piperazine rings is 1. The molecule has 0 unspecified atom stereocenters. The monoisotopic (exact) mass is 409 g/mol. The van der Waals surface area contributed by atoms with Gasteiger partial charge < -0.3 is 9.80 Å². The maximum absolute atomic E-state index is 13.2. The van der Waals surface area contributed by atoms with E-state index in [4.69, 9.17) is 0 Å². The molecule has 4 nitrogen and oxygen atoms in total. The molecule has 1 atom stereocenters. The molecule has 160 valence electrons. The summed E-state index contributed by atoms with van der Waals surface area (Å²) in [5.41, 5.74) is 3.58. The molecule has 2 aromatic rings. The second-order valence-corrected chi connectivity index (χ2v) is 8.62. The maximum Gasteiger partial charge on any atom is 0.222 e. The Morgan fingerprint density at radius 1 is 0.967 bits per heavy atom. The Morgan fingerprint density at radius 3 is 2.37 bits per heavy atom. The zero-order valence-electron chi connectivity index (χ0n) is 17.9. The lowest BCUT2D eigenvalue weighted by molar-refractivity contribution is -0.133. The van der Waals surface area contributed by atoms with Crippen LogP contribution >= 0.6 is 0 Å². The predicted octanol–water partition coefficient (Wildman–Crippen LogP) is 3.88. The number of aryl methyl sites for hydroxylation is 2. The molecular weight excluding hydrogens is 377 g/mol. The Hall–Kier alpha value is -2.40. The van der Waals surface area contributed by atoms with Crippen LogP contribution in [0.1, 0.15) is 30.4 Å². The first-order valence-corrected chi connectivity index (χ1v) is 11.2. The summed E-state index contributed by atoms with van der Waals surface area (Å²) in [4.78, 5) is 19.7. The van der Waals surface area contributed by atoms with E-state index in [0.717, 1.165) is 64.2 Å². The minimum atomic E-state index is -0.188. The summed E-state index contributed by atoms with van der Waals surface area (Å²) in [5.74, 6) is 0.0944. The second-order valence-electron chi connectivity index (χ2n) is 8.62. The molecule has 2 aliphatic heterocycles. The highest BCUT2D eigenvalue weighted by Gasteiger charge is 2.29. The average molecular weight is 410 g/mol. The van der Waals surface area contributed by atoms with E-state index in [9.17, 15) is 9.18 Å². The fourth-order valence-electron chi connectivity index (χ4n) is 4.64. The number of nitrogens with zero attached hydrogens (tertiary/aromatic N) is 3. The van der Waals surface area contributed by atoms with Crippen molar-refractivity contribution in [3.8, 4) is 0 Å². The molecule has 0 saturated carbocycles. The van der Waals surface area contributed by atoms with Crippen LogP contribution < -0.4 is 4.90 Å². The summed E-state index contributed by atoms with van der Waals surface area (Å²) in [6.45, 7) is 7.71. The van der Waals surface area contributed by atoms with Gasteiger partial charge in [0.15, 0.2) is 0 Å². The van der Waals surface area contributed by atoms with Crippen molar-refractivity contribution in [1.29, 1.82) is 0 Å². The quantitative estimate of drug-likeness (QED) is 0.750. The molecule has 2 heterocycles. The number of rotatable bonds is 5. The van der Waals surface area contributed by atoms with E-state index >= 15 is 0 Å². The van der Waals surface area contributed by atoms with Crippen LogP contribution in [0.2, 0.25) is 0 Å². The molecule has 0 radical (unpaired) electrons. The number of halogens is 1. The lowest BCUT2D eigenvalue weighted by Gasteiger charge is -2.44. The van der Waals surface area contributed by atoms with Gasteiger partial charge in [0.25, 0.3) is 0 Å². The van der Waals surface area contributed by atoms with Gasteiger partial charge in [-0.25, -0.2) is 4.39 Å². The Balaban J connectivity index is 1.26. The molecule has 30 heavy (non-hydrogen) atoms. The number of piperidine rings is 1. The molecule has 4 rings (SSSR count). The number of hydrogen-bond acceptors (Lipinski definition) is 3. The van der Waals surface area contributed by atoms with Crippen molar-refractivity contribution >= 4 is 11.6 Å². The lowest BCUT2D eigenvalue weighted by atomic mass is 10.0.